The van der Waals surface area contributed by atoms with Crippen LogP contribution in [0.1, 0.15) is 43.7 Å². The van der Waals surface area contributed by atoms with Gasteiger partial charge in [0.2, 0.25) is 0 Å². The van der Waals surface area contributed by atoms with E-state index in [1.807, 2.05) is 6.07 Å². The zero-order valence-electron chi connectivity index (χ0n) is 11.0. The highest BCUT2D eigenvalue weighted by atomic mass is 35.5. The Hall–Kier alpha value is -0.640. The number of nitrogens with two attached hydrogens (primary N) is 1. The minimum Gasteiger partial charge on any atom is -0.326 e. The van der Waals surface area contributed by atoms with Crippen LogP contribution >= 0.6 is 11.6 Å². The molecular formula is C15H20ClFN2. The van der Waals surface area contributed by atoms with Crippen LogP contribution < -0.4 is 5.73 Å². The lowest BCUT2D eigenvalue weighted by Crippen LogP contribution is -2.41. The molecular weight excluding hydrogens is 263 g/mol. The molecule has 2 unspecified atom stereocenters. The van der Waals surface area contributed by atoms with E-state index in [9.17, 15) is 4.39 Å². The van der Waals surface area contributed by atoms with Gasteiger partial charge >= 0.3 is 0 Å². The maximum absolute atomic E-state index is 13.3. The van der Waals surface area contributed by atoms with Crippen LogP contribution in [0.15, 0.2) is 18.2 Å². The molecule has 2 N–H and O–H groups in total. The van der Waals surface area contributed by atoms with Crippen molar-refractivity contribution in [1.29, 1.82) is 0 Å². The molecule has 2 fully saturated rings. The first kappa shape index (κ1) is 13.3. The lowest BCUT2D eigenvalue weighted by Gasteiger charge is -2.34. The minimum atomic E-state index is -0.356. The van der Waals surface area contributed by atoms with Crippen molar-refractivity contribution < 1.29 is 4.39 Å². The molecule has 2 atom stereocenters. The highest BCUT2D eigenvalue weighted by molar-refractivity contribution is 6.30. The van der Waals surface area contributed by atoms with E-state index < -0.39 is 0 Å². The van der Waals surface area contributed by atoms with Gasteiger partial charge in [-0.05, 0) is 49.9 Å². The van der Waals surface area contributed by atoms with Gasteiger partial charge in [0.25, 0.3) is 0 Å². The summed E-state index contributed by atoms with van der Waals surface area (Å²) in [6.45, 7) is 1.10. The fraction of sp³-hybridized carbons (Fsp3) is 0.600. The van der Waals surface area contributed by atoms with Crippen molar-refractivity contribution in [3.63, 3.8) is 0 Å². The van der Waals surface area contributed by atoms with Crippen LogP contribution in [0.3, 0.4) is 0 Å². The standard InChI is InChI=1S/C15H20ClFN2/c16-12-9-10(4-7-13(12)17)15-14(18)3-1-2-8-19(15)11-5-6-11/h4,7,9,11,14-15H,1-3,5-6,8,18H2. The molecule has 1 aromatic rings. The largest absolute Gasteiger partial charge is 0.326 e. The van der Waals surface area contributed by atoms with Crippen LogP contribution in [0.2, 0.25) is 5.02 Å². The van der Waals surface area contributed by atoms with Crippen molar-refractivity contribution in [3.05, 3.63) is 34.6 Å². The fourth-order valence-electron chi connectivity index (χ4n) is 3.17. The summed E-state index contributed by atoms with van der Waals surface area (Å²) < 4.78 is 13.3. The van der Waals surface area contributed by atoms with Crippen molar-refractivity contribution in [1.82, 2.24) is 4.90 Å². The highest BCUT2D eigenvalue weighted by Gasteiger charge is 2.38. The molecule has 1 aliphatic carbocycles. The van der Waals surface area contributed by atoms with Gasteiger partial charge in [0.15, 0.2) is 0 Å². The number of benzene rings is 1. The van der Waals surface area contributed by atoms with E-state index in [2.05, 4.69) is 4.90 Å². The van der Waals surface area contributed by atoms with E-state index in [4.69, 9.17) is 17.3 Å². The number of rotatable bonds is 2. The number of likely N-dealkylation sites (tertiary alicyclic amines) is 1. The van der Waals surface area contributed by atoms with Crippen molar-refractivity contribution in [2.75, 3.05) is 6.54 Å². The average Bonchev–Trinajstić information content (AvgIpc) is 3.20. The maximum Gasteiger partial charge on any atom is 0.141 e. The number of hydrogen-bond acceptors (Lipinski definition) is 2. The van der Waals surface area contributed by atoms with E-state index in [-0.39, 0.29) is 22.9 Å². The van der Waals surface area contributed by atoms with Gasteiger partial charge < -0.3 is 5.73 Å². The van der Waals surface area contributed by atoms with Gasteiger partial charge in [-0.1, -0.05) is 24.1 Å². The Morgan fingerprint density at radius 1 is 1.21 bits per heavy atom. The number of halogens is 2. The number of nitrogens with zero attached hydrogens (tertiary/aromatic N) is 1. The fourth-order valence-corrected chi connectivity index (χ4v) is 3.36. The SMILES string of the molecule is NC1CCCCN(C2CC2)C1c1ccc(F)c(Cl)c1. The summed E-state index contributed by atoms with van der Waals surface area (Å²) in [6.07, 6.45) is 5.94. The van der Waals surface area contributed by atoms with E-state index >= 15 is 0 Å². The van der Waals surface area contributed by atoms with Crippen LogP contribution in [-0.4, -0.2) is 23.5 Å². The summed E-state index contributed by atoms with van der Waals surface area (Å²) in [5.41, 5.74) is 7.44. The van der Waals surface area contributed by atoms with Gasteiger partial charge in [0, 0.05) is 12.1 Å². The van der Waals surface area contributed by atoms with Gasteiger partial charge in [-0.25, -0.2) is 4.39 Å². The van der Waals surface area contributed by atoms with Crippen LogP contribution in [0.25, 0.3) is 0 Å². The summed E-state index contributed by atoms with van der Waals surface area (Å²) in [7, 11) is 0. The molecule has 2 aliphatic rings. The normalized spacial score (nSPS) is 29.2. The zero-order chi connectivity index (χ0) is 13.4. The summed E-state index contributed by atoms with van der Waals surface area (Å²) >= 11 is 5.93. The molecule has 0 bridgehead atoms. The topological polar surface area (TPSA) is 29.3 Å². The highest BCUT2D eigenvalue weighted by Crippen LogP contribution is 2.39. The monoisotopic (exact) mass is 282 g/mol. The molecule has 1 aliphatic heterocycles. The lowest BCUT2D eigenvalue weighted by atomic mass is 9.96. The van der Waals surface area contributed by atoms with Gasteiger partial charge in [0.05, 0.1) is 11.1 Å². The first-order chi connectivity index (χ1) is 9.16. The van der Waals surface area contributed by atoms with Crippen molar-refractivity contribution >= 4 is 11.6 Å². The van der Waals surface area contributed by atoms with Gasteiger partial charge in [0.1, 0.15) is 5.82 Å². The van der Waals surface area contributed by atoms with Crippen LogP contribution in [0.5, 0.6) is 0 Å². The van der Waals surface area contributed by atoms with Gasteiger partial charge in [-0.15, -0.1) is 0 Å². The molecule has 4 heteroatoms. The Kier molecular flexibility index (Phi) is 3.79. The van der Waals surface area contributed by atoms with E-state index in [1.54, 1.807) is 6.07 Å². The minimum absolute atomic E-state index is 0.115. The Bertz CT molecular complexity index is 461. The molecule has 19 heavy (non-hydrogen) atoms. The maximum atomic E-state index is 13.3. The summed E-state index contributed by atoms with van der Waals surface area (Å²) in [5.74, 6) is -0.356. The second-order valence-electron chi connectivity index (χ2n) is 5.75. The molecule has 1 saturated carbocycles. The first-order valence-electron chi connectivity index (χ1n) is 7.13. The number of hydrogen-bond donors (Lipinski definition) is 1. The molecule has 2 nitrogen and oxygen atoms in total. The third-order valence-electron chi connectivity index (χ3n) is 4.27. The average molecular weight is 283 g/mol. The van der Waals surface area contributed by atoms with Crippen LogP contribution in [0.4, 0.5) is 4.39 Å². The molecule has 1 aromatic carbocycles. The molecule has 0 spiro atoms. The first-order valence-corrected chi connectivity index (χ1v) is 7.51. The second-order valence-corrected chi connectivity index (χ2v) is 6.15. The second kappa shape index (κ2) is 5.39. The van der Waals surface area contributed by atoms with E-state index in [0.717, 1.165) is 18.5 Å². The van der Waals surface area contributed by atoms with Gasteiger partial charge in [-0.3, -0.25) is 4.90 Å². The molecule has 1 heterocycles. The molecule has 0 radical (unpaired) electrons. The Morgan fingerprint density at radius 3 is 2.68 bits per heavy atom. The van der Waals surface area contributed by atoms with Crippen molar-refractivity contribution in [3.8, 4) is 0 Å². The Labute approximate surface area is 118 Å². The van der Waals surface area contributed by atoms with E-state index in [1.165, 1.54) is 31.7 Å². The van der Waals surface area contributed by atoms with Gasteiger partial charge in [-0.2, -0.15) is 0 Å². The predicted molar refractivity (Wildman–Crippen MR) is 75.7 cm³/mol. The summed E-state index contributed by atoms with van der Waals surface area (Å²) in [6, 6.07) is 6.02. The summed E-state index contributed by atoms with van der Waals surface area (Å²) in [4.78, 5) is 2.52. The quantitative estimate of drug-likeness (QED) is 0.900. The Balaban J connectivity index is 1.93. The van der Waals surface area contributed by atoms with Crippen molar-refractivity contribution in [2.45, 2.75) is 50.2 Å². The van der Waals surface area contributed by atoms with Crippen molar-refractivity contribution in [2.24, 2.45) is 5.73 Å². The molecule has 104 valence electrons. The Morgan fingerprint density at radius 2 is 2.00 bits per heavy atom. The third kappa shape index (κ3) is 2.78. The third-order valence-corrected chi connectivity index (χ3v) is 4.56. The van der Waals surface area contributed by atoms with E-state index in [0.29, 0.717) is 6.04 Å². The predicted octanol–water partition coefficient (Wildman–Crippen LogP) is 3.50. The van der Waals surface area contributed by atoms with Crippen LogP contribution in [0, 0.1) is 5.82 Å². The molecule has 1 saturated heterocycles. The molecule has 0 amide bonds. The lowest BCUT2D eigenvalue weighted by molar-refractivity contribution is 0.175. The molecule has 0 aromatic heterocycles. The zero-order valence-corrected chi connectivity index (χ0v) is 11.7. The smallest absolute Gasteiger partial charge is 0.141 e. The van der Waals surface area contributed by atoms with Crippen LogP contribution in [-0.2, 0) is 0 Å². The summed E-state index contributed by atoms with van der Waals surface area (Å²) in [5, 5.41) is 0.199. The molecule has 3 rings (SSSR count).